The molecule has 0 aromatic carbocycles. The van der Waals surface area contributed by atoms with Crippen LogP contribution in [0.4, 0.5) is 0 Å². The first-order valence-electron chi connectivity index (χ1n) is 9.29. The second-order valence-electron chi connectivity index (χ2n) is 8.45. The fourth-order valence-corrected chi connectivity index (χ4v) is 6.93. The molecule has 0 saturated heterocycles. The molecule has 4 bridgehead atoms. The third kappa shape index (κ3) is 2.24. The van der Waals surface area contributed by atoms with Crippen molar-refractivity contribution < 1.29 is 19.1 Å². The Morgan fingerprint density at radius 1 is 0.870 bits per heavy atom. The number of hydrogen-bond donors (Lipinski definition) is 0. The number of esters is 2. The number of carbonyl (C=O) groups is 2. The van der Waals surface area contributed by atoms with E-state index >= 15 is 0 Å². The molecule has 128 valence electrons. The van der Waals surface area contributed by atoms with Gasteiger partial charge < -0.3 is 9.47 Å². The van der Waals surface area contributed by atoms with Gasteiger partial charge in [0.15, 0.2) is 0 Å². The third-order valence-electron chi connectivity index (χ3n) is 7.78. The Bertz CT molecular complexity index is 515. The number of ether oxygens (including phenoxy) is 2. The Balaban J connectivity index is 1.37. The minimum absolute atomic E-state index is 0.0495. The van der Waals surface area contributed by atoms with E-state index in [2.05, 4.69) is 13.8 Å². The maximum atomic E-state index is 12.5. The van der Waals surface area contributed by atoms with Crippen LogP contribution in [-0.2, 0) is 19.1 Å². The summed E-state index contributed by atoms with van der Waals surface area (Å²) in [5.74, 6) is 6.13. The van der Waals surface area contributed by atoms with Gasteiger partial charge in [0.1, 0.15) is 13.2 Å². The molecule has 9 unspecified atom stereocenters. The van der Waals surface area contributed by atoms with Crippen molar-refractivity contribution in [2.45, 2.75) is 40.0 Å². The molecule has 0 spiro atoms. The SMILES string of the molecule is CC(=O)OCCOC(=O)C1CC2CC1C1C3CC(C(C)C3C)C21. The van der Waals surface area contributed by atoms with Crippen molar-refractivity contribution >= 4 is 11.9 Å². The molecule has 23 heavy (non-hydrogen) atoms. The molecule has 0 aliphatic heterocycles. The Morgan fingerprint density at radius 2 is 1.52 bits per heavy atom. The van der Waals surface area contributed by atoms with Crippen LogP contribution in [0.3, 0.4) is 0 Å². The molecule has 4 saturated carbocycles. The van der Waals surface area contributed by atoms with E-state index in [1.807, 2.05) is 0 Å². The van der Waals surface area contributed by atoms with E-state index in [9.17, 15) is 9.59 Å². The summed E-state index contributed by atoms with van der Waals surface area (Å²) in [4.78, 5) is 23.2. The van der Waals surface area contributed by atoms with E-state index in [1.165, 1.54) is 19.8 Å². The highest BCUT2D eigenvalue weighted by molar-refractivity contribution is 5.73. The highest BCUT2D eigenvalue weighted by atomic mass is 16.6. The molecule has 9 atom stereocenters. The second kappa shape index (κ2) is 5.49. The molecule has 4 fully saturated rings. The van der Waals surface area contributed by atoms with Crippen molar-refractivity contribution in [3.05, 3.63) is 0 Å². The molecule has 4 heteroatoms. The van der Waals surface area contributed by atoms with Gasteiger partial charge in [-0.25, -0.2) is 0 Å². The van der Waals surface area contributed by atoms with E-state index in [0.29, 0.717) is 5.92 Å². The van der Waals surface area contributed by atoms with Crippen LogP contribution in [0.25, 0.3) is 0 Å². The predicted octanol–water partition coefficient (Wildman–Crippen LogP) is 2.90. The van der Waals surface area contributed by atoms with Gasteiger partial charge in [0.25, 0.3) is 0 Å². The first kappa shape index (κ1) is 15.5. The fourth-order valence-electron chi connectivity index (χ4n) is 6.93. The topological polar surface area (TPSA) is 52.6 Å². The van der Waals surface area contributed by atoms with Gasteiger partial charge in [-0.05, 0) is 66.6 Å². The normalized spacial score (nSPS) is 49.3. The number of fused-ring (bicyclic) bond motifs is 9. The molecule has 0 heterocycles. The molecule has 4 rings (SSSR count). The van der Waals surface area contributed by atoms with E-state index < -0.39 is 0 Å². The van der Waals surface area contributed by atoms with Crippen LogP contribution in [0.1, 0.15) is 40.0 Å². The quantitative estimate of drug-likeness (QED) is 0.454. The fraction of sp³-hybridized carbons (Fsp3) is 0.895. The third-order valence-corrected chi connectivity index (χ3v) is 7.78. The van der Waals surface area contributed by atoms with E-state index in [1.54, 1.807) is 0 Å². The number of carbonyl (C=O) groups excluding carboxylic acids is 2. The van der Waals surface area contributed by atoms with Gasteiger partial charge in [0.05, 0.1) is 5.92 Å². The summed E-state index contributed by atoms with van der Waals surface area (Å²) < 4.78 is 10.2. The molecule has 0 aromatic heterocycles. The Morgan fingerprint density at radius 3 is 2.22 bits per heavy atom. The van der Waals surface area contributed by atoms with Crippen molar-refractivity contribution in [1.29, 1.82) is 0 Å². The van der Waals surface area contributed by atoms with Gasteiger partial charge >= 0.3 is 11.9 Å². The van der Waals surface area contributed by atoms with Crippen LogP contribution in [0.15, 0.2) is 0 Å². The van der Waals surface area contributed by atoms with E-state index in [-0.39, 0.29) is 31.1 Å². The predicted molar refractivity (Wildman–Crippen MR) is 84.2 cm³/mol. The lowest BCUT2D eigenvalue weighted by Crippen LogP contribution is -2.41. The van der Waals surface area contributed by atoms with Gasteiger partial charge in [-0.2, -0.15) is 0 Å². The largest absolute Gasteiger partial charge is 0.462 e. The van der Waals surface area contributed by atoms with Crippen LogP contribution >= 0.6 is 0 Å². The molecule has 0 radical (unpaired) electrons. The Hall–Kier alpha value is -1.06. The van der Waals surface area contributed by atoms with Crippen molar-refractivity contribution in [1.82, 2.24) is 0 Å². The highest BCUT2D eigenvalue weighted by Crippen LogP contribution is 2.71. The summed E-state index contributed by atoms with van der Waals surface area (Å²) in [6.45, 7) is 6.60. The highest BCUT2D eigenvalue weighted by Gasteiger charge is 2.66. The number of rotatable bonds is 4. The van der Waals surface area contributed by atoms with Crippen LogP contribution in [0, 0.1) is 53.3 Å². The van der Waals surface area contributed by atoms with Gasteiger partial charge in [0, 0.05) is 6.92 Å². The maximum Gasteiger partial charge on any atom is 0.309 e. The van der Waals surface area contributed by atoms with Crippen LogP contribution in [-0.4, -0.2) is 25.2 Å². The summed E-state index contributed by atoms with van der Waals surface area (Å²) >= 11 is 0. The van der Waals surface area contributed by atoms with Crippen LogP contribution in [0.2, 0.25) is 0 Å². The summed E-state index contributed by atoms with van der Waals surface area (Å²) in [5.41, 5.74) is 0. The lowest BCUT2D eigenvalue weighted by Gasteiger charge is -2.43. The minimum Gasteiger partial charge on any atom is -0.462 e. The lowest BCUT2D eigenvalue weighted by atomic mass is 9.62. The summed E-state index contributed by atoms with van der Waals surface area (Å²) in [7, 11) is 0. The van der Waals surface area contributed by atoms with Gasteiger partial charge in [-0.1, -0.05) is 13.8 Å². The number of hydrogen-bond acceptors (Lipinski definition) is 4. The van der Waals surface area contributed by atoms with E-state index in [4.69, 9.17) is 9.47 Å². The van der Waals surface area contributed by atoms with Crippen molar-refractivity contribution in [3.8, 4) is 0 Å². The first-order valence-corrected chi connectivity index (χ1v) is 9.29. The standard InChI is InChI=1S/C19H28O4/c1-9-10(2)14-8-13(9)17-12-6-15(18(14)17)16(7-12)19(21)23-5-4-22-11(3)20/h9-10,12-18H,4-8H2,1-3H3. The zero-order valence-electron chi connectivity index (χ0n) is 14.4. The molecule has 0 aromatic rings. The molecular weight excluding hydrogens is 292 g/mol. The minimum atomic E-state index is -0.325. The van der Waals surface area contributed by atoms with Gasteiger partial charge in [0.2, 0.25) is 0 Å². The van der Waals surface area contributed by atoms with Crippen molar-refractivity contribution in [3.63, 3.8) is 0 Å². The van der Waals surface area contributed by atoms with Crippen molar-refractivity contribution in [2.24, 2.45) is 53.3 Å². The summed E-state index contributed by atoms with van der Waals surface area (Å²) in [5, 5.41) is 0. The van der Waals surface area contributed by atoms with Crippen LogP contribution < -0.4 is 0 Å². The zero-order valence-corrected chi connectivity index (χ0v) is 14.4. The average Bonchev–Trinajstić information content (AvgIpc) is 3.22. The Kier molecular flexibility index (Phi) is 3.69. The Labute approximate surface area is 138 Å². The molecule has 0 N–H and O–H groups in total. The smallest absolute Gasteiger partial charge is 0.309 e. The summed E-state index contributed by atoms with van der Waals surface area (Å²) in [6, 6.07) is 0. The molecular formula is C19H28O4. The molecule has 0 amide bonds. The molecule has 4 aliphatic rings. The summed E-state index contributed by atoms with van der Waals surface area (Å²) in [6.07, 6.45) is 3.67. The average molecular weight is 320 g/mol. The van der Waals surface area contributed by atoms with E-state index in [0.717, 1.165) is 47.8 Å². The van der Waals surface area contributed by atoms with Crippen LogP contribution in [0.5, 0.6) is 0 Å². The molecule has 4 aliphatic carbocycles. The molecule has 4 nitrogen and oxygen atoms in total. The maximum absolute atomic E-state index is 12.5. The van der Waals surface area contributed by atoms with Gasteiger partial charge in [-0.3, -0.25) is 9.59 Å². The monoisotopic (exact) mass is 320 g/mol. The van der Waals surface area contributed by atoms with Crippen molar-refractivity contribution in [2.75, 3.05) is 13.2 Å². The first-order chi connectivity index (χ1) is 11.0. The van der Waals surface area contributed by atoms with Gasteiger partial charge in [-0.15, -0.1) is 0 Å². The zero-order chi connectivity index (χ0) is 16.3. The second-order valence-corrected chi connectivity index (χ2v) is 8.45. The lowest BCUT2D eigenvalue weighted by molar-refractivity contribution is -0.157.